The number of ether oxygens (including phenoxy) is 2. The molecule has 10 heteroatoms. The van der Waals surface area contributed by atoms with Gasteiger partial charge in [-0.1, -0.05) is 0 Å². The van der Waals surface area contributed by atoms with Crippen molar-refractivity contribution in [3.05, 3.63) is 64.1 Å². The molecule has 2 aromatic heterocycles. The molecule has 32 heavy (non-hydrogen) atoms. The third-order valence-electron chi connectivity index (χ3n) is 6.01. The Kier molecular flexibility index (Phi) is 5.42. The maximum atomic E-state index is 12.7. The van der Waals surface area contributed by atoms with Gasteiger partial charge >= 0.3 is 6.18 Å². The molecule has 1 aromatic carbocycles. The molecule has 0 unspecified atom stereocenters. The van der Waals surface area contributed by atoms with Crippen LogP contribution in [0, 0.1) is 0 Å². The highest BCUT2D eigenvalue weighted by Crippen LogP contribution is 2.31. The number of rotatable bonds is 5. The van der Waals surface area contributed by atoms with Crippen molar-refractivity contribution in [2.45, 2.75) is 37.6 Å². The molecule has 0 spiro atoms. The van der Waals surface area contributed by atoms with Gasteiger partial charge in [0, 0.05) is 50.7 Å². The topological polar surface area (TPSA) is 71.9 Å². The number of fused-ring (bicyclic) bond motifs is 1. The number of aromatic amines is 1. The van der Waals surface area contributed by atoms with E-state index < -0.39 is 11.7 Å². The summed E-state index contributed by atoms with van der Waals surface area (Å²) in [5, 5.41) is 0. The summed E-state index contributed by atoms with van der Waals surface area (Å²) in [5.41, 5.74) is 0.439. The number of alkyl halides is 3. The Hall–Kier alpha value is -2.85. The van der Waals surface area contributed by atoms with Gasteiger partial charge in [0.15, 0.2) is 0 Å². The van der Waals surface area contributed by atoms with Crippen LogP contribution in [0.15, 0.2) is 41.5 Å². The summed E-state index contributed by atoms with van der Waals surface area (Å²) < 4.78 is 51.1. The number of hydrogen-bond acceptors (Lipinski definition) is 5. The smallest absolute Gasteiger partial charge is 0.416 e. The van der Waals surface area contributed by atoms with Gasteiger partial charge in [0.05, 0.1) is 11.8 Å². The first-order valence-corrected chi connectivity index (χ1v) is 10.6. The number of halogens is 3. The second-order valence-corrected chi connectivity index (χ2v) is 8.32. The Labute approximate surface area is 181 Å². The minimum Gasteiger partial charge on any atom is -0.488 e. The molecule has 0 atom stereocenters. The first-order valence-electron chi connectivity index (χ1n) is 10.6. The van der Waals surface area contributed by atoms with Gasteiger partial charge in [-0.3, -0.25) is 14.1 Å². The zero-order valence-corrected chi connectivity index (χ0v) is 17.3. The summed E-state index contributed by atoms with van der Waals surface area (Å²) in [6, 6.07) is 4.72. The third-order valence-corrected chi connectivity index (χ3v) is 6.01. The Morgan fingerprint density at radius 1 is 1.16 bits per heavy atom. The molecule has 3 aromatic rings. The van der Waals surface area contributed by atoms with Crippen molar-refractivity contribution in [3.63, 3.8) is 0 Å². The van der Waals surface area contributed by atoms with E-state index in [0.29, 0.717) is 44.1 Å². The second kappa shape index (κ2) is 8.25. The summed E-state index contributed by atoms with van der Waals surface area (Å²) in [7, 11) is 0. The standard InChI is InChI=1S/C22H23F3N4O3/c23-22(24,25)15-1-3-17(4-2-15)32-18-12-28(13-18)10-16-11-29-19(21(30)27-16)9-26-20(29)14-5-7-31-8-6-14/h1-4,9,11,14,18H,5-8,10,12-13H2,(H,27,30). The van der Waals surface area contributed by atoms with Crippen LogP contribution in [0.2, 0.25) is 0 Å². The Morgan fingerprint density at radius 2 is 1.88 bits per heavy atom. The molecule has 0 aliphatic carbocycles. The predicted molar refractivity (Wildman–Crippen MR) is 110 cm³/mol. The quantitative estimate of drug-likeness (QED) is 0.649. The lowest BCUT2D eigenvalue weighted by Gasteiger charge is -2.38. The van der Waals surface area contributed by atoms with Gasteiger partial charge in [-0.15, -0.1) is 0 Å². The lowest BCUT2D eigenvalue weighted by Crippen LogP contribution is -2.53. The molecule has 0 radical (unpaired) electrons. The summed E-state index contributed by atoms with van der Waals surface area (Å²) in [6.45, 7) is 3.19. The van der Waals surface area contributed by atoms with Gasteiger partial charge in [-0.25, -0.2) is 4.98 Å². The fraction of sp³-hybridized carbons (Fsp3) is 0.455. The fourth-order valence-corrected chi connectivity index (χ4v) is 4.30. The summed E-state index contributed by atoms with van der Waals surface area (Å²) in [4.78, 5) is 22.0. The number of nitrogens with one attached hydrogen (secondary N) is 1. The van der Waals surface area contributed by atoms with Crippen LogP contribution in [0.4, 0.5) is 13.2 Å². The molecule has 5 rings (SSSR count). The molecule has 0 bridgehead atoms. The number of imidazole rings is 1. The van der Waals surface area contributed by atoms with Crippen LogP contribution in [0.3, 0.4) is 0 Å². The van der Waals surface area contributed by atoms with E-state index in [1.807, 2.05) is 10.6 Å². The number of nitrogens with zero attached hydrogens (tertiary/aromatic N) is 3. The van der Waals surface area contributed by atoms with Crippen molar-refractivity contribution in [2.24, 2.45) is 0 Å². The van der Waals surface area contributed by atoms with Crippen molar-refractivity contribution in [1.29, 1.82) is 0 Å². The monoisotopic (exact) mass is 448 g/mol. The largest absolute Gasteiger partial charge is 0.488 e. The summed E-state index contributed by atoms with van der Waals surface area (Å²) >= 11 is 0. The second-order valence-electron chi connectivity index (χ2n) is 8.32. The lowest BCUT2D eigenvalue weighted by atomic mass is 10.00. The maximum absolute atomic E-state index is 12.7. The number of H-pyrrole nitrogens is 1. The van der Waals surface area contributed by atoms with Crippen LogP contribution >= 0.6 is 0 Å². The molecule has 170 valence electrons. The van der Waals surface area contributed by atoms with Gasteiger partial charge in [-0.2, -0.15) is 13.2 Å². The van der Waals surface area contributed by atoms with Crippen molar-refractivity contribution >= 4 is 5.52 Å². The highest BCUT2D eigenvalue weighted by molar-refractivity contribution is 5.44. The van der Waals surface area contributed by atoms with Crippen molar-refractivity contribution in [2.75, 3.05) is 26.3 Å². The number of hydrogen-bond donors (Lipinski definition) is 1. The molecule has 2 fully saturated rings. The zero-order valence-electron chi connectivity index (χ0n) is 17.3. The fourth-order valence-electron chi connectivity index (χ4n) is 4.30. The van der Waals surface area contributed by atoms with Crippen molar-refractivity contribution < 1.29 is 22.6 Å². The van der Waals surface area contributed by atoms with Gasteiger partial charge in [0.25, 0.3) is 5.56 Å². The Bertz CT molecular complexity index is 1140. The number of benzene rings is 1. The van der Waals surface area contributed by atoms with E-state index in [9.17, 15) is 18.0 Å². The first-order chi connectivity index (χ1) is 15.4. The SMILES string of the molecule is O=c1[nH]c(CN2CC(Oc3ccc(C(F)(F)F)cc3)C2)cn2c(C3CCOCC3)ncc12. The van der Waals surface area contributed by atoms with Gasteiger partial charge < -0.3 is 14.5 Å². The van der Waals surface area contributed by atoms with E-state index in [2.05, 4.69) is 14.9 Å². The van der Waals surface area contributed by atoms with E-state index in [0.717, 1.165) is 36.5 Å². The molecule has 1 N–H and O–H groups in total. The van der Waals surface area contributed by atoms with Crippen LogP contribution in [-0.4, -0.2) is 51.7 Å². The minimum absolute atomic E-state index is 0.103. The van der Waals surface area contributed by atoms with Gasteiger partial charge in [-0.05, 0) is 37.1 Å². The van der Waals surface area contributed by atoms with E-state index in [1.54, 1.807) is 6.20 Å². The van der Waals surface area contributed by atoms with Crippen molar-refractivity contribution in [3.8, 4) is 5.75 Å². The number of likely N-dealkylation sites (tertiary alicyclic amines) is 1. The van der Waals surface area contributed by atoms with Crippen LogP contribution in [0.5, 0.6) is 5.75 Å². The Balaban J connectivity index is 1.22. The first kappa shape index (κ1) is 21.0. The molecule has 2 aliphatic heterocycles. The van der Waals surface area contributed by atoms with E-state index in [-0.39, 0.29) is 17.6 Å². The summed E-state index contributed by atoms with van der Waals surface area (Å²) in [5.74, 6) is 1.58. The summed E-state index contributed by atoms with van der Waals surface area (Å²) in [6.07, 6.45) is 0.855. The van der Waals surface area contributed by atoms with E-state index in [4.69, 9.17) is 9.47 Å². The van der Waals surface area contributed by atoms with Crippen LogP contribution in [0.1, 0.15) is 35.8 Å². The molecule has 0 saturated carbocycles. The molecule has 0 amide bonds. The molecular weight excluding hydrogens is 425 g/mol. The van der Waals surface area contributed by atoms with E-state index in [1.165, 1.54) is 12.1 Å². The van der Waals surface area contributed by atoms with E-state index >= 15 is 0 Å². The molecule has 2 saturated heterocycles. The normalized spacial score (nSPS) is 18.7. The molecule has 7 nitrogen and oxygen atoms in total. The predicted octanol–water partition coefficient (Wildman–Crippen LogP) is 3.20. The van der Waals surface area contributed by atoms with Gasteiger partial charge in [0.1, 0.15) is 23.2 Å². The lowest BCUT2D eigenvalue weighted by molar-refractivity contribution is -0.137. The highest BCUT2D eigenvalue weighted by atomic mass is 19.4. The molecule has 4 heterocycles. The third kappa shape index (κ3) is 4.24. The van der Waals surface area contributed by atoms with Crippen LogP contribution < -0.4 is 10.3 Å². The minimum atomic E-state index is -4.36. The maximum Gasteiger partial charge on any atom is 0.416 e. The van der Waals surface area contributed by atoms with Crippen molar-refractivity contribution in [1.82, 2.24) is 19.3 Å². The zero-order chi connectivity index (χ0) is 22.3. The number of aromatic nitrogens is 3. The molecular formula is C22H23F3N4O3. The van der Waals surface area contributed by atoms with Gasteiger partial charge in [0.2, 0.25) is 0 Å². The Morgan fingerprint density at radius 3 is 2.56 bits per heavy atom. The highest BCUT2D eigenvalue weighted by Gasteiger charge is 2.31. The van der Waals surface area contributed by atoms with Crippen LogP contribution in [-0.2, 0) is 17.5 Å². The van der Waals surface area contributed by atoms with Crippen LogP contribution in [0.25, 0.3) is 5.52 Å². The average molecular weight is 448 g/mol. The molecule has 2 aliphatic rings. The average Bonchev–Trinajstić information content (AvgIpc) is 3.17.